The van der Waals surface area contributed by atoms with E-state index in [1.54, 1.807) is 36.4 Å². The lowest BCUT2D eigenvalue weighted by Crippen LogP contribution is -2.30. The molecule has 6 nitrogen and oxygen atoms in total. The predicted octanol–water partition coefficient (Wildman–Crippen LogP) is 2.71. The Hall–Kier alpha value is -3.15. The molecule has 0 spiro atoms. The van der Waals surface area contributed by atoms with E-state index in [9.17, 15) is 19.5 Å². The fraction of sp³-hybridized carbons (Fsp3) is 0.211. The monoisotopic (exact) mass is 341 g/mol. The van der Waals surface area contributed by atoms with Crippen molar-refractivity contribution in [2.24, 2.45) is 0 Å². The third-order valence-corrected chi connectivity index (χ3v) is 3.52. The number of ether oxygens (including phenoxy) is 1. The third-order valence-electron chi connectivity index (χ3n) is 3.52. The Balaban J connectivity index is 1.87. The van der Waals surface area contributed by atoms with E-state index in [0.717, 1.165) is 0 Å². The van der Waals surface area contributed by atoms with Crippen molar-refractivity contribution in [1.29, 1.82) is 0 Å². The standard InChI is InChI=1S/C19H19NO5/c1-12(21)15-5-7-16(8-6-15)20-19(24)13(2)25-18(23)11-14-3-9-17(22)10-4-14/h3-10,13,22H,11H2,1-2H3,(H,20,24)/t13-/m1/s1. The minimum atomic E-state index is -0.961. The van der Waals surface area contributed by atoms with Crippen LogP contribution in [0.3, 0.4) is 0 Å². The van der Waals surface area contributed by atoms with E-state index in [2.05, 4.69) is 5.32 Å². The van der Waals surface area contributed by atoms with Crippen molar-refractivity contribution in [2.45, 2.75) is 26.4 Å². The van der Waals surface area contributed by atoms with Crippen LogP contribution in [0.4, 0.5) is 5.69 Å². The minimum Gasteiger partial charge on any atom is -0.508 e. The Labute approximate surface area is 145 Å². The van der Waals surface area contributed by atoms with Crippen LogP contribution in [0, 0.1) is 0 Å². The molecular weight excluding hydrogens is 322 g/mol. The largest absolute Gasteiger partial charge is 0.508 e. The van der Waals surface area contributed by atoms with E-state index in [-0.39, 0.29) is 18.0 Å². The number of benzene rings is 2. The smallest absolute Gasteiger partial charge is 0.311 e. The van der Waals surface area contributed by atoms with Gasteiger partial charge in [0.15, 0.2) is 11.9 Å². The molecule has 0 saturated heterocycles. The first kappa shape index (κ1) is 18.2. The van der Waals surface area contributed by atoms with Crippen LogP contribution in [-0.2, 0) is 20.7 Å². The van der Waals surface area contributed by atoms with Crippen LogP contribution < -0.4 is 5.32 Å². The molecule has 0 heterocycles. The lowest BCUT2D eigenvalue weighted by Gasteiger charge is -2.14. The second-order valence-corrected chi connectivity index (χ2v) is 5.60. The fourth-order valence-corrected chi connectivity index (χ4v) is 2.10. The highest BCUT2D eigenvalue weighted by molar-refractivity contribution is 5.97. The number of phenolic OH excluding ortho intramolecular Hbond substituents is 1. The van der Waals surface area contributed by atoms with E-state index < -0.39 is 18.0 Å². The van der Waals surface area contributed by atoms with Crippen LogP contribution in [0.5, 0.6) is 5.75 Å². The van der Waals surface area contributed by atoms with Crippen LogP contribution in [-0.4, -0.2) is 28.9 Å². The molecule has 0 aliphatic heterocycles. The van der Waals surface area contributed by atoms with Crippen molar-refractivity contribution in [3.8, 4) is 5.75 Å². The van der Waals surface area contributed by atoms with Crippen LogP contribution in [0.15, 0.2) is 48.5 Å². The molecule has 0 saturated carbocycles. The summed E-state index contributed by atoms with van der Waals surface area (Å²) in [4.78, 5) is 35.2. The van der Waals surface area contributed by atoms with Crippen molar-refractivity contribution in [2.75, 3.05) is 5.32 Å². The first-order chi connectivity index (χ1) is 11.8. The lowest BCUT2D eigenvalue weighted by molar-refractivity contribution is -0.152. The number of esters is 1. The Kier molecular flexibility index (Phi) is 5.89. The number of phenols is 1. The number of carbonyl (C=O) groups is 3. The topological polar surface area (TPSA) is 92.7 Å². The van der Waals surface area contributed by atoms with Crippen LogP contribution >= 0.6 is 0 Å². The second-order valence-electron chi connectivity index (χ2n) is 5.60. The van der Waals surface area contributed by atoms with Crippen LogP contribution in [0.2, 0.25) is 0 Å². The van der Waals surface area contributed by atoms with Crippen LogP contribution in [0.1, 0.15) is 29.8 Å². The number of Topliss-reactive ketones (excluding diaryl/α,β-unsaturated/α-hetero) is 1. The highest BCUT2D eigenvalue weighted by Crippen LogP contribution is 2.13. The van der Waals surface area contributed by atoms with Gasteiger partial charge in [-0.25, -0.2) is 0 Å². The molecule has 0 aliphatic carbocycles. The normalized spacial score (nSPS) is 11.4. The summed E-state index contributed by atoms with van der Waals surface area (Å²) >= 11 is 0. The summed E-state index contributed by atoms with van der Waals surface area (Å²) in [5, 5.41) is 11.8. The van der Waals surface area contributed by atoms with E-state index in [1.165, 1.54) is 26.0 Å². The minimum absolute atomic E-state index is 0.00517. The molecule has 2 aromatic carbocycles. The number of aromatic hydroxyl groups is 1. The molecular formula is C19H19NO5. The number of carbonyl (C=O) groups excluding carboxylic acids is 3. The first-order valence-electron chi connectivity index (χ1n) is 7.74. The van der Waals surface area contributed by atoms with Gasteiger partial charge in [-0.15, -0.1) is 0 Å². The zero-order valence-corrected chi connectivity index (χ0v) is 14.0. The molecule has 2 rings (SSSR count). The number of anilines is 1. The molecule has 25 heavy (non-hydrogen) atoms. The molecule has 0 unspecified atom stereocenters. The summed E-state index contributed by atoms with van der Waals surface area (Å²) in [5.74, 6) is -0.954. The maximum absolute atomic E-state index is 12.1. The molecule has 6 heteroatoms. The summed E-state index contributed by atoms with van der Waals surface area (Å²) in [5.41, 5.74) is 1.73. The molecule has 2 N–H and O–H groups in total. The van der Waals surface area contributed by atoms with Gasteiger partial charge in [0.2, 0.25) is 0 Å². The second kappa shape index (κ2) is 8.10. The highest BCUT2D eigenvalue weighted by atomic mass is 16.5. The van der Waals surface area contributed by atoms with Crippen molar-refractivity contribution >= 4 is 23.3 Å². The molecule has 1 atom stereocenters. The number of rotatable bonds is 6. The van der Waals surface area contributed by atoms with E-state index in [4.69, 9.17) is 4.74 Å². The Morgan fingerprint density at radius 3 is 2.20 bits per heavy atom. The molecule has 1 amide bonds. The molecule has 0 bridgehead atoms. The van der Waals surface area contributed by atoms with Crippen molar-refractivity contribution in [3.63, 3.8) is 0 Å². The molecule has 0 aliphatic rings. The van der Waals surface area contributed by atoms with E-state index in [0.29, 0.717) is 16.8 Å². The third kappa shape index (κ3) is 5.46. The molecule has 0 fully saturated rings. The Bertz CT molecular complexity index is 765. The quantitative estimate of drug-likeness (QED) is 0.622. The summed E-state index contributed by atoms with van der Waals surface area (Å²) in [6.45, 7) is 2.94. The van der Waals surface area contributed by atoms with E-state index >= 15 is 0 Å². The Morgan fingerprint density at radius 1 is 1.04 bits per heavy atom. The fourth-order valence-electron chi connectivity index (χ4n) is 2.10. The molecule has 0 radical (unpaired) electrons. The molecule has 130 valence electrons. The Morgan fingerprint density at radius 2 is 1.64 bits per heavy atom. The summed E-state index contributed by atoms with van der Waals surface area (Å²) in [6.07, 6.45) is -0.956. The van der Waals surface area contributed by atoms with Gasteiger partial charge in [-0.05, 0) is 55.8 Å². The zero-order chi connectivity index (χ0) is 18.4. The number of nitrogens with one attached hydrogen (secondary N) is 1. The van der Waals surface area contributed by atoms with Crippen LogP contribution in [0.25, 0.3) is 0 Å². The molecule has 2 aromatic rings. The van der Waals surface area contributed by atoms with Gasteiger partial charge >= 0.3 is 5.97 Å². The van der Waals surface area contributed by atoms with Gasteiger partial charge in [-0.2, -0.15) is 0 Å². The van der Waals surface area contributed by atoms with Gasteiger partial charge < -0.3 is 15.2 Å². The zero-order valence-electron chi connectivity index (χ0n) is 14.0. The van der Waals surface area contributed by atoms with Gasteiger partial charge in [0.25, 0.3) is 5.91 Å². The number of hydrogen-bond acceptors (Lipinski definition) is 5. The van der Waals surface area contributed by atoms with Crippen molar-refractivity contribution < 1.29 is 24.2 Å². The summed E-state index contributed by atoms with van der Waals surface area (Å²) in [6, 6.07) is 12.6. The summed E-state index contributed by atoms with van der Waals surface area (Å²) in [7, 11) is 0. The van der Waals surface area contributed by atoms with E-state index in [1.807, 2.05) is 0 Å². The van der Waals surface area contributed by atoms with Crippen molar-refractivity contribution in [1.82, 2.24) is 0 Å². The number of hydrogen-bond donors (Lipinski definition) is 2. The van der Waals surface area contributed by atoms with Gasteiger partial charge in [-0.3, -0.25) is 14.4 Å². The molecule has 0 aromatic heterocycles. The predicted molar refractivity (Wildman–Crippen MR) is 92.4 cm³/mol. The van der Waals surface area contributed by atoms with Gasteiger partial charge in [0.05, 0.1) is 6.42 Å². The first-order valence-corrected chi connectivity index (χ1v) is 7.74. The van der Waals surface area contributed by atoms with Crippen molar-refractivity contribution in [3.05, 3.63) is 59.7 Å². The average molecular weight is 341 g/mol. The van der Waals surface area contributed by atoms with Gasteiger partial charge in [0.1, 0.15) is 5.75 Å². The van der Waals surface area contributed by atoms with Gasteiger partial charge in [0, 0.05) is 11.3 Å². The maximum Gasteiger partial charge on any atom is 0.311 e. The lowest BCUT2D eigenvalue weighted by atomic mass is 10.1. The van der Waals surface area contributed by atoms with Gasteiger partial charge in [-0.1, -0.05) is 12.1 Å². The number of amides is 1. The summed E-state index contributed by atoms with van der Waals surface area (Å²) < 4.78 is 5.11. The highest BCUT2D eigenvalue weighted by Gasteiger charge is 2.18. The average Bonchev–Trinajstić information content (AvgIpc) is 2.57. The SMILES string of the molecule is CC(=O)c1ccc(NC(=O)[C@@H](C)OC(=O)Cc2ccc(O)cc2)cc1. The maximum atomic E-state index is 12.1. The number of ketones is 1.